The molecule has 3 aromatic rings. The molecule has 0 spiro atoms. The number of amides is 1. The Morgan fingerprint density at radius 2 is 1.95 bits per heavy atom. The van der Waals surface area contributed by atoms with Crippen molar-refractivity contribution in [1.82, 2.24) is 5.32 Å². The van der Waals surface area contributed by atoms with Crippen LogP contribution in [-0.4, -0.2) is 5.91 Å². The molecule has 20 heavy (non-hydrogen) atoms. The summed E-state index contributed by atoms with van der Waals surface area (Å²) >= 11 is 1.52. The summed E-state index contributed by atoms with van der Waals surface area (Å²) in [6.07, 6.45) is 3.37. The van der Waals surface area contributed by atoms with E-state index in [1.54, 1.807) is 12.5 Å². The van der Waals surface area contributed by atoms with Crippen LogP contribution in [0.15, 0.2) is 64.1 Å². The minimum Gasteiger partial charge on any atom is -0.472 e. The van der Waals surface area contributed by atoms with E-state index in [0.29, 0.717) is 12.1 Å². The van der Waals surface area contributed by atoms with Crippen molar-refractivity contribution >= 4 is 17.2 Å². The van der Waals surface area contributed by atoms with Crippen molar-refractivity contribution in [3.05, 3.63) is 70.8 Å². The zero-order valence-corrected chi connectivity index (χ0v) is 11.5. The number of hydrogen-bond acceptors (Lipinski definition) is 3. The van der Waals surface area contributed by atoms with E-state index < -0.39 is 0 Å². The van der Waals surface area contributed by atoms with E-state index in [1.165, 1.54) is 11.3 Å². The van der Waals surface area contributed by atoms with Gasteiger partial charge in [0.1, 0.15) is 0 Å². The molecule has 0 unspecified atom stereocenters. The van der Waals surface area contributed by atoms with E-state index in [-0.39, 0.29) is 5.91 Å². The van der Waals surface area contributed by atoms with Crippen LogP contribution in [0.25, 0.3) is 11.1 Å². The molecule has 2 heterocycles. The second kappa shape index (κ2) is 5.75. The average Bonchev–Trinajstić information content (AvgIpc) is 3.18. The summed E-state index contributed by atoms with van der Waals surface area (Å²) in [5.41, 5.74) is 3.94. The van der Waals surface area contributed by atoms with E-state index in [2.05, 4.69) is 5.32 Å². The highest BCUT2D eigenvalue weighted by atomic mass is 32.1. The van der Waals surface area contributed by atoms with Crippen LogP contribution in [0.2, 0.25) is 0 Å². The van der Waals surface area contributed by atoms with Crippen LogP contribution in [-0.2, 0) is 6.54 Å². The number of carbonyl (C=O) groups is 1. The third-order valence-corrected chi connectivity index (χ3v) is 3.73. The maximum atomic E-state index is 11.8. The number of rotatable bonds is 4. The molecule has 3 rings (SSSR count). The van der Waals surface area contributed by atoms with E-state index in [9.17, 15) is 4.79 Å². The monoisotopic (exact) mass is 283 g/mol. The van der Waals surface area contributed by atoms with Crippen LogP contribution in [0.3, 0.4) is 0 Å². The number of furan rings is 1. The number of benzene rings is 1. The standard InChI is InChI=1S/C16H13NO2S/c18-16(15-6-8-20-11-15)17-9-12-1-3-13(4-2-12)14-5-7-19-10-14/h1-8,10-11H,9H2,(H,17,18). The predicted molar refractivity (Wildman–Crippen MR) is 79.6 cm³/mol. The second-order valence-corrected chi connectivity index (χ2v) is 5.18. The normalized spacial score (nSPS) is 10.4. The smallest absolute Gasteiger partial charge is 0.252 e. The van der Waals surface area contributed by atoms with Gasteiger partial charge in [-0.15, -0.1) is 0 Å². The first kappa shape index (κ1) is 12.7. The molecule has 1 aromatic carbocycles. The highest BCUT2D eigenvalue weighted by Crippen LogP contribution is 2.20. The maximum absolute atomic E-state index is 11.8. The van der Waals surface area contributed by atoms with Crippen molar-refractivity contribution in [2.24, 2.45) is 0 Å². The zero-order valence-electron chi connectivity index (χ0n) is 10.7. The Kier molecular flexibility index (Phi) is 3.65. The van der Waals surface area contributed by atoms with Gasteiger partial charge in [-0.3, -0.25) is 4.79 Å². The Labute approximate surface area is 120 Å². The molecule has 1 N–H and O–H groups in total. The SMILES string of the molecule is O=C(NCc1ccc(-c2ccoc2)cc1)c1ccsc1. The van der Waals surface area contributed by atoms with Gasteiger partial charge in [0.2, 0.25) is 0 Å². The molecule has 0 radical (unpaired) electrons. The Bertz CT molecular complexity index is 670. The van der Waals surface area contributed by atoms with Crippen LogP contribution >= 0.6 is 11.3 Å². The zero-order chi connectivity index (χ0) is 13.8. The lowest BCUT2D eigenvalue weighted by atomic mass is 10.1. The number of hydrogen-bond donors (Lipinski definition) is 1. The van der Waals surface area contributed by atoms with Gasteiger partial charge in [0.05, 0.1) is 12.5 Å². The minimum absolute atomic E-state index is 0.0369. The predicted octanol–water partition coefficient (Wildman–Crippen LogP) is 3.94. The minimum atomic E-state index is -0.0369. The van der Waals surface area contributed by atoms with Gasteiger partial charge in [0.25, 0.3) is 5.91 Å². The average molecular weight is 283 g/mol. The molecule has 0 saturated heterocycles. The van der Waals surface area contributed by atoms with Crippen LogP contribution in [0.4, 0.5) is 0 Å². The molecular weight excluding hydrogens is 270 g/mol. The van der Waals surface area contributed by atoms with Crippen molar-refractivity contribution in [3.8, 4) is 11.1 Å². The molecule has 2 aromatic heterocycles. The molecule has 0 saturated carbocycles. The summed E-state index contributed by atoms with van der Waals surface area (Å²) in [5.74, 6) is -0.0369. The molecule has 4 heteroatoms. The van der Waals surface area contributed by atoms with Crippen molar-refractivity contribution in [2.75, 3.05) is 0 Å². The van der Waals surface area contributed by atoms with Gasteiger partial charge in [-0.05, 0) is 28.6 Å². The van der Waals surface area contributed by atoms with Gasteiger partial charge in [-0.1, -0.05) is 24.3 Å². The van der Waals surface area contributed by atoms with Gasteiger partial charge in [0.15, 0.2) is 0 Å². The van der Waals surface area contributed by atoms with Gasteiger partial charge < -0.3 is 9.73 Å². The van der Waals surface area contributed by atoms with E-state index >= 15 is 0 Å². The van der Waals surface area contributed by atoms with Crippen molar-refractivity contribution in [3.63, 3.8) is 0 Å². The quantitative estimate of drug-likeness (QED) is 0.788. The van der Waals surface area contributed by atoms with Gasteiger partial charge in [-0.2, -0.15) is 11.3 Å². The molecule has 0 fully saturated rings. The Balaban J connectivity index is 1.63. The van der Waals surface area contributed by atoms with E-state index in [4.69, 9.17) is 4.42 Å². The summed E-state index contributed by atoms with van der Waals surface area (Å²) in [5, 5.41) is 6.65. The fraction of sp³-hybridized carbons (Fsp3) is 0.0625. The molecule has 3 nitrogen and oxygen atoms in total. The van der Waals surface area contributed by atoms with Crippen molar-refractivity contribution in [2.45, 2.75) is 6.54 Å². The lowest BCUT2D eigenvalue weighted by Gasteiger charge is -2.05. The highest BCUT2D eigenvalue weighted by Gasteiger charge is 2.05. The van der Waals surface area contributed by atoms with E-state index in [0.717, 1.165) is 16.7 Å². The first-order valence-electron chi connectivity index (χ1n) is 6.25. The highest BCUT2D eigenvalue weighted by molar-refractivity contribution is 7.08. The van der Waals surface area contributed by atoms with Crippen LogP contribution < -0.4 is 5.32 Å². The van der Waals surface area contributed by atoms with Crippen molar-refractivity contribution in [1.29, 1.82) is 0 Å². The molecule has 0 aliphatic heterocycles. The second-order valence-electron chi connectivity index (χ2n) is 4.40. The fourth-order valence-corrected chi connectivity index (χ4v) is 2.56. The molecular formula is C16H13NO2S. The first-order valence-corrected chi connectivity index (χ1v) is 7.19. The third kappa shape index (κ3) is 2.81. The molecule has 1 amide bonds. The summed E-state index contributed by atoms with van der Waals surface area (Å²) in [6, 6.07) is 11.8. The first-order chi connectivity index (χ1) is 9.83. The number of carbonyl (C=O) groups excluding carboxylic acids is 1. The fourth-order valence-electron chi connectivity index (χ4n) is 1.92. The molecule has 100 valence electrons. The lowest BCUT2D eigenvalue weighted by Crippen LogP contribution is -2.22. The molecule has 0 aliphatic rings. The van der Waals surface area contributed by atoms with Crippen LogP contribution in [0.5, 0.6) is 0 Å². The third-order valence-electron chi connectivity index (χ3n) is 3.04. The largest absolute Gasteiger partial charge is 0.472 e. The van der Waals surface area contributed by atoms with Gasteiger partial charge in [0, 0.05) is 23.1 Å². The lowest BCUT2D eigenvalue weighted by molar-refractivity contribution is 0.0951. The number of nitrogens with one attached hydrogen (secondary N) is 1. The molecule has 0 atom stereocenters. The summed E-state index contributed by atoms with van der Waals surface area (Å²) in [6.45, 7) is 0.528. The molecule has 0 aliphatic carbocycles. The number of thiophene rings is 1. The molecule has 0 bridgehead atoms. The Hall–Kier alpha value is -2.33. The summed E-state index contributed by atoms with van der Waals surface area (Å²) in [4.78, 5) is 11.8. The van der Waals surface area contributed by atoms with Gasteiger partial charge >= 0.3 is 0 Å². The maximum Gasteiger partial charge on any atom is 0.252 e. The van der Waals surface area contributed by atoms with Crippen LogP contribution in [0.1, 0.15) is 15.9 Å². The Morgan fingerprint density at radius 3 is 2.60 bits per heavy atom. The van der Waals surface area contributed by atoms with Crippen molar-refractivity contribution < 1.29 is 9.21 Å². The summed E-state index contributed by atoms with van der Waals surface area (Å²) < 4.78 is 5.06. The topological polar surface area (TPSA) is 42.2 Å². The summed E-state index contributed by atoms with van der Waals surface area (Å²) in [7, 11) is 0. The van der Waals surface area contributed by atoms with Crippen LogP contribution in [0, 0.1) is 0 Å². The van der Waals surface area contributed by atoms with Gasteiger partial charge in [-0.25, -0.2) is 0 Å². The Morgan fingerprint density at radius 1 is 1.10 bits per heavy atom. The van der Waals surface area contributed by atoms with E-state index in [1.807, 2.05) is 47.2 Å².